The van der Waals surface area contributed by atoms with E-state index in [1.807, 2.05) is 6.07 Å². The quantitative estimate of drug-likeness (QED) is 0.576. The third-order valence-electron chi connectivity index (χ3n) is 1.90. The minimum absolute atomic E-state index is 0.00556. The summed E-state index contributed by atoms with van der Waals surface area (Å²) in [4.78, 5) is 10.4. The smallest absolute Gasteiger partial charge is 0.315 e. The summed E-state index contributed by atoms with van der Waals surface area (Å²) in [5, 5.41) is 19.5. The fourth-order valence-corrected chi connectivity index (χ4v) is 1.35. The van der Waals surface area contributed by atoms with Gasteiger partial charge in [-0.2, -0.15) is 5.26 Å². The van der Waals surface area contributed by atoms with E-state index in [1.165, 1.54) is 0 Å². The molecule has 84 valence electrons. The largest absolute Gasteiger partial charge is 0.484 e. The summed E-state index contributed by atoms with van der Waals surface area (Å²) >= 11 is 0. The molecule has 1 aromatic rings. The summed E-state index contributed by atoms with van der Waals surface area (Å²) in [6, 6.07) is 6.65. The second-order valence-electron chi connectivity index (χ2n) is 3.52. The molecule has 0 bridgehead atoms. The lowest BCUT2D eigenvalue weighted by atomic mass is 10.1. The van der Waals surface area contributed by atoms with Crippen LogP contribution in [-0.4, -0.2) is 11.0 Å². The maximum Gasteiger partial charge on any atom is 0.315 e. The molecule has 0 saturated carbocycles. The Kier molecular flexibility index (Phi) is 3.84. The highest BCUT2D eigenvalue weighted by Gasteiger charge is 2.21. The zero-order valence-corrected chi connectivity index (χ0v) is 9.14. The molecule has 5 heteroatoms. The second kappa shape index (κ2) is 5.12. The number of hydrogen-bond donors (Lipinski definition) is 0. The highest BCUT2D eigenvalue weighted by molar-refractivity contribution is 5.53. The lowest BCUT2D eigenvalue weighted by Crippen LogP contribution is -2.08. The Bertz CT molecular complexity index is 435. The second-order valence-corrected chi connectivity index (χ2v) is 3.52. The van der Waals surface area contributed by atoms with Gasteiger partial charge in [-0.15, -0.1) is 0 Å². The fourth-order valence-electron chi connectivity index (χ4n) is 1.35. The molecule has 0 aliphatic carbocycles. The van der Waals surface area contributed by atoms with E-state index in [4.69, 9.17) is 10.00 Å². The van der Waals surface area contributed by atoms with Gasteiger partial charge in [-0.1, -0.05) is 12.1 Å². The van der Waals surface area contributed by atoms with Crippen molar-refractivity contribution in [2.75, 3.05) is 0 Å². The Morgan fingerprint density at radius 1 is 1.56 bits per heavy atom. The van der Waals surface area contributed by atoms with Crippen molar-refractivity contribution in [2.45, 2.75) is 26.4 Å². The topological polar surface area (TPSA) is 76.2 Å². The SMILES string of the molecule is CC(C)Oc1cccc(CC#N)c1[N+](=O)[O-]. The first-order chi connectivity index (χ1) is 7.56. The number of nitro groups is 1. The van der Waals surface area contributed by atoms with Crippen LogP contribution in [0.1, 0.15) is 19.4 Å². The monoisotopic (exact) mass is 220 g/mol. The van der Waals surface area contributed by atoms with Crippen LogP contribution in [0.4, 0.5) is 5.69 Å². The van der Waals surface area contributed by atoms with E-state index in [9.17, 15) is 10.1 Å². The molecule has 5 nitrogen and oxygen atoms in total. The molecule has 0 fully saturated rings. The van der Waals surface area contributed by atoms with Gasteiger partial charge in [-0.25, -0.2) is 0 Å². The van der Waals surface area contributed by atoms with Crippen LogP contribution in [0, 0.1) is 21.4 Å². The fraction of sp³-hybridized carbons (Fsp3) is 0.364. The van der Waals surface area contributed by atoms with E-state index < -0.39 is 4.92 Å². The molecule has 0 amide bonds. The first kappa shape index (κ1) is 12.0. The van der Waals surface area contributed by atoms with Gasteiger partial charge >= 0.3 is 5.69 Å². The van der Waals surface area contributed by atoms with E-state index in [1.54, 1.807) is 32.0 Å². The Morgan fingerprint density at radius 2 is 2.25 bits per heavy atom. The molecule has 1 aromatic carbocycles. The molecular formula is C11H12N2O3. The number of nitro benzene ring substituents is 1. The van der Waals surface area contributed by atoms with Crippen molar-refractivity contribution in [2.24, 2.45) is 0 Å². The van der Waals surface area contributed by atoms with Gasteiger partial charge in [-0.05, 0) is 19.9 Å². The highest BCUT2D eigenvalue weighted by atomic mass is 16.6. The van der Waals surface area contributed by atoms with Crippen molar-refractivity contribution in [3.63, 3.8) is 0 Å². The van der Waals surface area contributed by atoms with E-state index in [0.29, 0.717) is 5.56 Å². The number of ether oxygens (including phenoxy) is 1. The molecule has 0 spiro atoms. The Balaban J connectivity index is 3.22. The summed E-state index contributed by atoms with van der Waals surface area (Å²) in [5.74, 6) is 0.216. The predicted octanol–water partition coefficient (Wildman–Crippen LogP) is 2.45. The average molecular weight is 220 g/mol. The summed E-state index contributed by atoms with van der Waals surface area (Å²) in [6.45, 7) is 3.58. The molecule has 0 N–H and O–H groups in total. The molecule has 16 heavy (non-hydrogen) atoms. The molecule has 0 radical (unpaired) electrons. The predicted molar refractivity (Wildman–Crippen MR) is 58.2 cm³/mol. The molecule has 1 rings (SSSR count). The number of hydrogen-bond acceptors (Lipinski definition) is 4. The van der Waals surface area contributed by atoms with E-state index in [-0.39, 0.29) is 24.0 Å². The number of benzene rings is 1. The van der Waals surface area contributed by atoms with Gasteiger partial charge in [0.1, 0.15) is 0 Å². The number of rotatable bonds is 4. The Morgan fingerprint density at radius 3 is 2.75 bits per heavy atom. The number of para-hydroxylation sites is 1. The third-order valence-corrected chi connectivity index (χ3v) is 1.90. The molecule has 0 aliphatic heterocycles. The molecule has 0 unspecified atom stereocenters. The van der Waals surface area contributed by atoms with E-state index in [2.05, 4.69) is 0 Å². The van der Waals surface area contributed by atoms with Crippen molar-refractivity contribution in [1.29, 1.82) is 5.26 Å². The minimum Gasteiger partial charge on any atom is -0.484 e. The zero-order valence-electron chi connectivity index (χ0n) is 9.14. The number of nitriles is 1. The van der Waals surface area contributed by atoms with Crippen LogP contribution < -0.4 is 4.74 Å². The standard InChI is InChI=1S/C11H12N2O3/c1-8(2)16-10-5-3-4-9(6-7-12)11(10)13(14)15/h3-5,8H,6H2,1-2H3. The van der Waals surface area contributed by atoms with Gasteiger partial charge in [0.05, 0.1) is 23.5 Å². The van der Waals surface area contributed by atoms with E-state index >= 15 is 0 Å². The van der Waals surface area contributed by atoms with Crippen LogP contribution in [0.15, 0.2) is 18.2 Å². The Hall–Kier alpha value is -2.09. The maximum atomic E-state index is 10.9. The van der Waals surface area contributed by atoms with Crippen LogP contribution in [-0.2, 0) is 6.42 Å². The van der Waals surface area contributed by atoms with Crippen molar-refractivity contribution < 1.29 is 9.66 Å². The van der Waals surface area contributed by atoms with Gasteiger partial charge < -0.3 is 4.74 Å². The van der Waals surface area contributed by atoms with Crippen LogP contribution in [0.5, 0.6) is 5.75 Å². The summed E-state index contributed by atoms with van der Waals surface area (Å²) in [5.41, 5.74) is 0.267. The summed E-state index contributed by atoms with van der Waals surface area (Å²) in [7, 11) is 0. The van der Waals surface area contributed by atoms with Gasteiger partial charge in [0, 0.05) is 5.56 Å². The molecule has 0 saturated heterocycles. The third kappa shape index (κ3) is 2.70. The first-order valence-electron chi connectivity index (χ1n) is 4.86. The molecule has 0 atom stereocenters. The number of nitrogens with zero attached hydrogens (tertiary/aromatic N) is 2. The van der Waals surface area contributed by atoms with Crippen molar-refractivity contribution in [3.8, 4) is 11.8 Å². The molecule has 0 heterocycles. The van der Waals surface area contributed by atoms with Gasteiger partial charge in [0.25, 0.3) is 0 Å². The van der Waals surface area contributed by atoms with Crippen molar-refractivity contribution >= 4 is 5.69 Å². The van der Waals surface area contributed by atoms with E-state index in [0.717, 1.165) is 0 Å². The van der Waals surface area contributed by atoms with Crippen LogP contribution in [0.25, 0.3) is 0 Å². The lowest BCUT2D eigenvalue weighted by molar-refractivity contribution is -0.386. The van der Waals surface area contributed by atoms with Crippen LogP contribution in [0.3, 0.4) is 0 Å². The zero-order chi connectivity index (χ0) is 12.1. The normalized spacial score (nSPS) is 9.88. The Labute approximate surface area is 93.4 Å². The maximum absolute atomic E-state index is 10.9. The minimum atomic E-state index is -0.510. The molecule has 0 aromatic heterocycles. The van der Waals surface area contributed by atoms with Crippen molar-refractivity contribution in [1.82, 2.24) is 0 Å². The van der Waals surface area contributed by atoms with Crippen LogP contribution >= 0.6 is 0 Å². The first-order valence-corrected chi connectivity index (χ1v) is 4.86. The van der Waals surface area contributed by atoms with Crippen molar-refractivity contribution in [3.05, 3.63) is 33.9 Å². The summed E-state index contributed by atoms with van der Waals surface area (Å²) in [6.07, 6.45) is -0.137. The van der Waals surface area contributed by atoms with Gasteiger partial charge in [0.2, 0.25) is 0 Å². The molecular weight excluding hydrogens is 208 g/mol. The molecule has 0 aliphatic rings. The summed E-state index contributed by atoms with van der Waals surface area (Å²) < 4.78 is 5.34. The average Bonchev–Trinajstić information content (AvgIpc) is 2.16. The van der Waals surface area contributed by atoms with Gasteiger partial charge in [-0.3, -0.25) is 10.1 Å². The lowest BCUT2D eigenvalue weighted by Gasteiger charge is -2.10. The van der Waals surface area contributed by atoms with Crippen LogP contribution in [0.2, 0.25) is 0 Å². The highest BCUT2D eigenvalue weighted by Crippen LogP contribution is 2.31. The van der Waals surface area contributed by atoms with Gasteiger partial charge in [0.15, 0.2) is 5.75 Å².